The van der Waals surface area contributed by atoms with Crippen LogP contribution < -0.4 is 14.8 Å². The summed E-state index contributed by atoms with van der Waals surface area (Å²) in [5.74, 6) is 0.705. The SMILES string of the molecule is COc1ccc(NC(=O)C2CCCN2S(C)(=O)=O)c(OC)c1. The maximum atomic E-state index is 12.4. The number of carbonyl (C=O) groups excluding carboxylic acids is 1. The van der Waals surface area contributed by atoms with Crippen LogP contribution in [0, 0.1) is 0 Å². The third-order valence-electron chi connectivity index (χ3n) is 3.60. The van der Waals surface area contributed by atoms with Gasteiger partial charge in [0.15, 0.2) is 0 Å². The molecule has 7 nitrogen and oxygen atoms in total. The lowest BCUT2D eigenvalue weighted by Gasteiger charge is -2.22. The van der Waals surface area contributed by atoms with Crippen molar-refractivity contribution in [1.29, 1.82) is 0 Å². The first-order valence-corrected chi connectivity index (χ1v) is 8.71. The number of sulfonamides is 1. The zero-order valence-electron chi connectivity index (χ0n) is 12.8. The molecule has 0 aromatic heterocycles. The minimum Gasteiger partial charge on any atom is -0.497 e. The Morgan fingerprint density at radius 1 is 1.32 bits per heavy atom. The van der Waals surface area contributed by atoms with Crippen molar-refractivity contribution < 1.29 is 22.7 Å². The van der Waals surface area contributed by atoms with Crippen molar-refractivity contribution in [2.45, 2.75) is 18.9 Å². The second kappa shape index (κ2) is 6.53. The van der Waals surface area contributed by atoms with Crippen LogP contribution in [0.15, 0.2) is 18.2 Å². The van der Waals surface area contributed by atoms with Gasteiger partial charge in [0, 0.05) is 12.6 Å². The second-order valence-corrected chi connectivity index (χ2v) is 7.02. The van der Waals surface area contributed by atoms with Crippen molar-refractivity contribution in [3.8, 4) is 11.5 Å². The molecular weight excluding hydrogens is 308 g/mol. The van der Waals surface area contributed by atoms with Crippen LogP contribution in [0.2, 0.25) is 0 Å². The molecule has 1 aromatic rings. The van der Waals surface area contributed by atoms with E-state index in [2.05, 4.69) is 5.32 Å². The van der Waals surface area contributed by atoms with Gasteiger partial charge >= 0.3 is 0 Å². The zero-order valence-corrected chi connectivity index (χ0v) is 13.6. The molecular formula is C14H20N2O5S. The largest absolute Gasteiger partial charge is 0.497 e. The first-order valence-electron chi connectivity index (χ1n) is 6.86. The highest BCUT2D eigenvalue weighted by molar-refractivity contribution is 7.88. The number of rotatable bonds is 5. The summed E-state index contributed by atoms with van der Waals surface area (Å²) in [6.45, 7) is 0.372. The molecule has 1 atom stereocenters. The van der Waals surface area contributed by atoms with Crippen LogP contribution in [-0.2, 0) is 14.8 Å². The summed E-state index contributed by atoms with van der Waals surface area (Å²) in [6, 6.07) is 4.33. The Morgan fingerprint density at radius 3 is 2.64 bits per heavy atom. The molecule has 0 bridgehead atoms. The molecule has 0 spiro atoms. The molecule has 1 saturated heterocycles. The van der Waals surface area contributed by atoms with Crippen LogP contribution in [0.3, 0.4) is 0 Å². The molecule has 8 heteroatoms. The lowest BCUT2D eigenvalue weighted by molar-refractivity contribution is -0.119. The number of anilines is 1. The van der Waals surface area contributed by atoms with E-state index in [-0.39, 0.29) is 5.91 Å². The highest BCUT2D eigenvalue weighted by Crippen LogP contribution is 2.30. The average Bonchev–Trinajstić information content (AvgIpc) is 2.97. The highest BCUT2D eigenvalue weighted by Gasteiger charge is 2.36. The number of nitrogens with zero attached hydrogens (tertiary/aromatic N) is 1. The van der Waals surface area contributed by atoms with Crippen LogP contribution in [0.4, 0.5) is 5.69 Å². The van der Waals surface area contributed by atoms with Crippen molar-refractivity contribution in [3.63, 3.8) is 0 Å². The molecule has 1 fully saturated rings. The van der Waals surface area contributed by atoms with Crippen molar-refractivity contribution in [1.82, 2.24) is 4.31 Å². The number of benzene rings is 1. The predicted octanol–water partition coefficient (Wildman–Crippen LogP) is 1.07. The summed E-state index contributed by atoms with van der Waals surface area (Å²) >= 11 is 0. The normalized spacial score (nSPS) is 19.0. The van der Waals surface area contributed by atoms with Gasteiger partial charge in [-0.2, -0.15) is 4.31 Å². The molecule has 122 valence electrons. The monoisotopic (exact) mass is 328 g/mol. The average molecular weight is 328 g/mol. The van der Waals surface area contributed by atoms with Crippen molar-refractivity contribution in [2.75, 3.05) is 32.3 Å². The van der Waals surface area contributed by atoms with Crippen molar-refractivity contribution >= 4 is 21.6 Å². The second-order valence-electron chi connectivity index (χ2n) is 5.09. The molecule has 1 aromatic carbocycles. The van der Waals surface area contributed by atoms with Gasteiger partial charge in [-0.15, -0.1) is 0 Å². The standard InChI is InChI=1S/C14H20N2O5S/c1-20-10-6-7-11(13(9-10)21-2)15-14(17)12-5-4-8-16(12)22(3,18)19/h6-7,9,12H,4-5,8H2,1-3H3,(H,15,17). The minimum absolute atomic E-state index is 0.355. The van der Waals surface area contributed by atoms with E-state index < -0.39 is 16.1 Å². The molecule has 0 aliphatic carbocycles. The molecule has 1 N–H and O–H groups in total. The number of methoxy groups -OCH3 is 2. The third kappa shape index (κ3) is 3.50. The smallest absolute Gasteiger partial charge is 0.242 e. The van der Waals surface area contributed by atoms with Crippen LogP contribution in [0.25, 0.3) is 0 Å². The van der Waals surface area contributed by atoms with Gasteiger partial charge < -0.3 is 14.8 Å². The summed E-state index contributed by atoms with van der Waals surface area (Å²) < 4.78 is 35.0. The number of ether oxygens (including phenoxy) is 2. The van der Waals surface area contributed by atoms with E-state index in [0.29, 0.717) is 36.6 Å². The van der Waals surface area contributed by atoms with Gasteiger partial charge in [-0.25, -0.2) is 8.42 Å². The number of hydrogen-bond acceptors (Lipinski definition) is 5. The number of carbonyl (C=O) groups is 1. The minimum atomic E-state index is -3.39. The fourth-order valence-electron chi connectivity index (χ4n) is 2.52. The zero-order chi connectivity index (χ0) is 16.3. The lowest BCUT2D eigenvalue weighted by Crippen LogP contribution is -2.42. The summed E-state index contributed by atoms with van der Waals surface area (Å²) in [5, 5.41) is 2.73. The molecule has 0 saturated carbocycles. The first-order chi connectivity index (χ1) is 10.4. The maximum absolute atomic E-state index is 12.4. The van der Waals surface area contributed by atoms with Crippen LogP contribution in [-0.4, -0.2) is 51.7 Å². The maximum Gasteiger partial charge on any atom is 0.242 e. The Morgan fingerprint density at radius 2 is 2.05 bits per heavy atom. The first kappa shape index (κ1) is 16.6. The van der Waals surface area contributed by atoms with Crippen LogP contribution in [0.1, 0.15) is 12.8 Å². The molecule has 1 heterocycles. The van der Waals surface area contributed by atoms with E-state index in [4.69, 9.17) is 9.47 Å². The summed E-state index contributed by atoms with van der Waals surface area (Å²) in [7, 11) is -0.368. The fourth-order valence-corrected chi connectivity index (χ4v) is 3.64. The predicted molar refractivity (Wildman–Crippen MR) is 82.7 cm³/mol. The Kier molecular flexibility index (Phi) is 4.92. The van der Waals surface area contributed by atoms with Gasteiger partial charge in [0.05, 0.1) is 26.2 Å². The highest BCUT2D eigenvalue weighted by atomic mass is 32.2. The molecule has 1 aliphatic rings. The van der Waals surface area contributed by atoms with E-state index in [0.717, 1.165) is 6.26 Å². The number of amides is 1. The van der Waals surface area contributed by atoms with Gasteiger partial charge in [0.2, 0.25) is 15.9 Å². The Labute approximate surface area is 130 Å². The van der Waals surface area contributed by atoms with E-state index in [1.54, 1.807) is 18.2 Å². The Hall–Kier alpha value is -1.80. The summed E-state index contributed by atoms with van der Waals surface area (Å²) in [5.41, 5.74) is 0.480. The third-order valence-corrected chi connectivity index (χ3v) is 4.89. The number of hydrogen-bond donors (Lipinski definition) is 1. The van der Waals surface area contributed by atoms with Gasteiger partial charge in [-0.05, 0) is 25.0 Å². The van der Waals surface area contributed by atoms with Gasteiger partial charge in [0.25, 0.3) is 0 Å². The molecule has 1 amide bonds. The van der Waals surface area contributed by atoms with Crippen molar-refractivity contribution in [3.05, 3.63) is 18.2 Å². The van der Waals surface area contributed by atoms with Gasteiger partial charge in [-0.3, -0.25) is 4.79 Å². The lowest BCUT2D eigenvalue weighted by atomic mass is 10.2. The van der Waals surface area contributed by atoms with E-state index in [9.17, 15) is 13.2 Å². The van der Waals surface area contributed by atoms with Crippen LogP contribution in [0.5, 0.6) is 11.5 Å². The Balaban J connectivity index is 2.18. The fraction of sp³-hybridized carbons (Fsp3) is 0.500. The molecule has 22 heavy (non-hydrogen) atoms. The van der Waals surface area contributed by atoms with Crippen molar-refractivity contribution in [2.24, 2.45) is 0 Å². The molecule has 1 aliphatic heterocycles. The molecule has 1 unspecified atom stereocenters. The Bertz CT molecular complexity index is 659. The molecule has 2 rings (SSSR count). The summed E-state index contributed by atoms with van der Waals surface area (Å²) in [4.78, 5) is 12.4. The van der Waals surface area contributed by atoms with E-state index in [1.807, 2.05) is 0 Å². The topological polar surface area (TPSA) is 84.9 Å². The van der Waals surface area contributed by atoms with E-state index >= 15 is 0 Å². The van der Waals surface area contributed by atoms with Crippen LogP contribution >= 0.6 is 0 Å². The quantitative estimate of drug-likeness (QED) is 0.874. The number of nitrogens with one attached hydrogen (secondary N) is 1. The van der Waals surface area contributed by atoms with Gasteiger partial charge in [-0.1, -0.05) is 0 Å². The molecule has 0 radical (unpaired) electrons. The van der Waals surface area contributed by atoms with E-state index in [1.165, 1.54) is 18.5 Å². The van der Waals surface area contributed by atoms with Gasteiger partial charge in [0.1, 0.15) is 17.5 Å². The summed E-state index contributed by atoms with van der Waals surface area (Å²) in [6.07, 6.45) is 2.30.